The molecule has 2 aliphatic rings. The Morgan fingerprint density at radius 1 is 1.00 bits per heavy atom. The quantitative estimate of drug-likeness (QED) is 0.722. The molecule has 2 atom stereocenters. The lowest BCUT2D eigenvalue weighted by Gasteiger charge is -2.16. The summed E-state index contributed by atoms with van der Waals surface area (Å²) < 4.78 is 0. The molecule has 2 unspecified atom stereocenters. The fraction of sp³-hybridized carbons (Fsp3) is 0.917. The number of carbonyl (C=O) groups excluding carboxylic acids is 1. The van der Waals surface area contributed by atoms with Gasteiger partial charge in [-0.3, -0.25) is 0 Å². The third-order valence-corrected chi connectivity index (χ3v) is 3.72. The van der Waals surface area contributed by atoms with E-state index in [2.05, 4.69) is 17.6 Å². The minimum atomic E-state index is 0.0565. The molecule has 2 saturated carbocycles. The van der Waals surface area contributed by atoms with E-state index in [-0.39, 0.29) is 6.03 Å². The normalized spacial score (nSPS) is 31.8. The van der Waals surface area contributed by atoms with Gasteiger partial charge >= 0.3 is 6.03 Å². The molecule has 0 aliphatic heterocycles. The van der Waals surface area contributed by atoms with E-state index in [0.717, 1.165) is 31.6 Å². The molecule has 0 aromatic carbocycles. The van der Waals surface area contributed by atoms with Gasteiger partial charge in [0.05, 0.1) is 0 Å². The zero-order valence-corrected chi connectivity index (χ0v) is 9.59. The van der Waals surface area contributed by atoms with E-state index in [0.29, 0.717) is 12.1 Å². The monoisotopic (exact) mass is 210 g/mol. The molecule has 2 amide bonds. The van der Waals surface area contributed by atoms with E-state index in [9.17, 15) is 4.79 Å². The van der Waals surface area contributed by atoms with Gasteiger partial charge in [0.2, 0.25) is 0 Å². The predicted octanol–water partition coefficient (Wildman–Crippen LogP) is 2.42. The first-order chi connectivity index (χ1) is 7.24. The number of carbonyl (C=O) groups is 1. The zero-order chi connectivity index (χ0) is 10.7. The standard InChI is InChI=1S/C12H22N2O/c1-9-6-7-11(8-9)14-12(15)13-10-4-2-3-5-10/h9-11H,2-8H2,1H3,(H2,13,14,15). The molecule has 2 N–H and O–H groups in total. The SMILES string of the molecule is CC1CCC(NC(=O)NC2CCCC2)C1. The van der Waals surface area contributed by atoms with Crippen molar-refractivity contribution in [2.45, 2.75) is 64.0 Å². The molecule has 0 aromatic heterocycles. The molecule has 2 fully saturated rings. The van der Waals surface area contributed by atoms with Gasteiger partial charge in [0, 0.05) is 12.1 Å². The first-order valence-corrected chi connectivity index (χ1v) is 6.31. The third-order valence-electron chi connectivity index (χ3n) is 3.72. The van der Waals surface area contributed by atoms with E-state index in [4.69, 9.17) is 0 Å². The maximum absolute atomic E-state index is 11.6. The minimum absolute atomic E-state index is 0.0565. The van der Waals surface area contributed by atoms with Crippen LogP contribution in [0.2, 0.25) is 0 Å². The van der Waals surface area contributed by atoms with E-state index < -0.39 is 0 Å². The van der Waals surface area contributed by atoms with Crippen molar-refractivity contribution in [2.75, 3.05) is 0 Å². The van der Waals surface area contributed by atoms with E-state index in [1.54, 1.807) is 0 Å². The predicted molar refractivity (Wildman–Crippen MR) is 60.7 cm³/mol. The van der Waals surface area contributed by atoms with Crippen LogP contribution in [0.1, 0.15) is 51.9 Å². The summed E-state index contributed by atoms with van der Waals surface area (Å²) in [7, 11) is 0. The third kappa shape index (κ3) is 3.11. The van der Waals surface area contributed by atoms with E-state index >= 15 is 0 Å². The summed E-state index contributed by atoms with van der Waals surface area (Å²) in [5.41, 5.74) is 0. The summed E-state index contributed by atoms with van der Waals surface area (Å²) in [5.74, 6) is 0.779. The molecule has 2 aliphatic carbocycles. The highest BCUT2D eigenvalue weighted by atomic mass is 16.2. The molecule has 2 rings (SSSR count). The molecule has 86 valence electrons. The fourth-order valence-electron chi connectivity index (χ4n) is 2.82. The molecule has 0 radical (unpaired) electrons. The Balaban J connectivity index is 1.67. The van der Waals surface area contributed by atoms with Crippen LogP contribution in [-0.4, -0.2) is 18.1 Å². The van der Waals surface area contributed by atoms with Crippen LogP contribution in [0.15, 0.2) is 0 Å². The molecule has 0 aromatic rings. The summed E-state index contributed by atoms with van der Waals surface area (Å²) in [6.07, 6.45) is 8.42. The number of hydrogen-bond acceptors (Lipinski definition) is 1. The Kier molecular flexibility index (Phi) is 3.49. The second-order valence-corrected chi connectivity index (χ2v) is 5.21. The van der Waals surface area contributed by atoms with Crippen molar-refractivity contribution >= 4 is 6.03 Å². The van der Waals surface area contributed by atoms with Crippen LogP contribution in [0.25, 0.3) is 0 Å². The lowest BCUT2D eigenvalue weighted by molar-refractivity contribution is 0.233. The van der Waals surface area contributed by atoms with Crippen molar-refractivity contribution in [3.8, 4) is 0 Å². The van der Waals surface area contributed by atoms with Gasteiger partial charge in [0.15, 0.2) is 0 Å². The van der Waals surface area contributed by atoms with Crippen molar-refractivity contribution < 1.29 is 4.79 Å². The smallest absolute Gasteiger partial charge is 0.315 e. The molecule has 3 heteroatoms. The summed E-state index contributed by atoms with van der Waals surface area (Å²) in [4.78, 5) is 11.6. The highest BCUT2D eigenvalue weighted by Crippen LogP contribution is 2.24. The van der Waals surface area contributed by atoms with Crippen LogP contribution in [-0.2, 0) is 0 Å². The van der Waals surface area contributed by atoms with E-state index in [1.165, 1.54) is 19.3 Å². The number of hydrogen-bond donors (Lipinski definition) is 2. The fourth-order valence-corrected chi connectivity index (χ4v) is 2.82. The Morgan fingerprint density at radius 3 is 2.27 bits per heavy atom. The molecule has 0 saturated heterocycles. The molecule has 3 nitrogen and oxygen atoms in total. The van der Waals surface area contributed by atoms with Crippen molar-refractivity contribution in [3.05, 3.63) is 0 Å². The average molecular weight is 210 g/mol. The van der Waals surface area contributed by atoms with Crippen LogP contribution in [0, 0.1) is 5.92 Å². The molecule has 0 bridgehead atoms. The van der Waals surface area contributed by atoms with Gasteiger partial charge in [-0.2, -0.15) is 0 Å². The molecule has 15 heavy (non-hydrogen) atoms. The van der Waals surface area contributed by atoms with Gasteiger partial charge in [0.1, 0.15) is 0 Å². The maximum atomic E-state index is 11.6. The maximum Gasteiger partial charge on any atom is 0.315 e. The number of nitrogens with one attached hydrogen (secondary N) is 2. The van der Waals surface area contributed by atoms with E-state index in [1.807, 2.05) is 0 Å². The van der Waals surface area contributed by atoms with Gasteiger partial charge in [-0.1, -0.05) is 19.8 Å². The van der Waals surface area contributed by atoms with Crippen molar-refractivity contribution in [2.24, 2.45) is 5.92 Å². The van der Waals surface area contributed by atoms with Gasteiger partial charge in [-0.05, 0) is 38.0 Å². The van der Waals surface area contributed by atoms with Crippen LogP contribution >= 0.6 is 0 Å². The lowest BCUT2D eigenvalue weighted by Crippen LogP contribution is -2.44. The van der Waals surface area contributed by atoms with Crippen LogP contribution in [0.4, 0.5) is 4.79 Å². The van der Waals surface area contributed by atoms with Crippen LogP contribution < -0.4 is 10.6 Å². The molecule has 0 spiro atoms. The first kappa shape index (κ1) is 10.8. The second-order valence-electron chi connectivity index (χ2n) is 5.21. The van der Waals surface area contributed by atoms with Gasteiger partial charge in [0.25, 0.3) is 0 Å². The molecular weight excluding hydrogens is 188 g/mol. The van der Waals surface area contributed by atoms with Crippen molar-refractivity contribution in [1.29, 1.82) is 0 Å². The highest BCUT2D eigenvalue weighted by Gasteiger charge is 2.24. The second kappa shape index (κ2) is 4.86. The topological polar surface area (TPSA) is 41.1 Å². The Labute approximate surface area is 92.0 Å². The summed E-state index contributed by atoms with van der Waals surface area (Å²) in [6, 6.07) is 0.909. The first-order valence-electron chi connectivity index (χ1n) is 6.31. The van der Waals surface area contributed by atoms with Gasteiger partial charge in [-0.15, -0.1) is 0 Å². The van der Waals surface area contributed by atoms with Gasteiger partial charge in [-0.25, -0.2) is 4.79 Å². The number of amides is 2. The van der Waals surface area contributed by atoms with Crippen LogP contribution in [0.3, 0.4) is 0 Å². The average Bonchev–Trinajstić information content (AvgIpc) is 2.77. The highest BCUT2D eigenvalue weighted by molar-refractivity contribution is 5.74. The van der Waals surface area contributed by atoms with Crippen molar-refractivity contribution in [1.82, 2.24) is 10.6 Å². The largest absolute Gasteiger partial charge is 0.335 e. The molecular formula is C12H22N2O. The summed E-state index contributed by atoms with van der Waals surface area (Å²) in [5, 5.41) is 6.16. The zero-order valence-electron chi connectivity index (χ0n) is 9.59. The van der Waals surface area contributed by atoms with Gasteiger partial charge < -0.3 is 10.6 Å². The summed E-state index contributed by atoms with van der Waals surface area (Å²) in [6.45, 7) is 2.26. The lowest BCUT2D eigenvalue weighted by atomic mass is 10.1. The summed E-state index contributed by atoms with van der Waals surface area (Å²) >= 11 is 0. The number of urea groups is 1. The minimum Gasteiger partial charge on any atom is -0.335 e. The Morgan fingerprint density at radius 2 is 1.67 bits per heavy atom. The number of rotatable bonds is 2. The Hall–Kier alpha value is -0.730. The molecule has 0 heterocycles. The Bertz CT molecular complexity index is 224. The van der Waals surface area contributed by atoms with Crippen molar-refractivity contribution in [3.63, 3.8) is 0 Å². The van der Waals surface area contributed by atoms with Crippen LogP contribution in [0.5, 0.6) is 0 Å².